The monoisotopic (exact) mass is 342 g/mol. The summed E-state index contributed by atoms with van der Waals surface area (Å²) in [6, 6.07) is 0. The Morgan fingerprint density at radius 3 is 0.958 bits per heavy atom. The molecule has 1 fully saturated rings. The minimum Gasteiger partial charge on any atom is -0.396 e. The van der Waals surface area contributed by atoms with E-state index in [1.165, 1.54) is 109 Å². The third kappa shape index (κ3) is 26.8. The molecule has 0 aliphatic carbocycles. The van der Waals surface area contributed by atoms with Gasteiger partial charge in [-0.3, -0.25) is 0 Å². The van der Waals surface area contributed by atoms with E-state index in [-0.39, 0.29) is 0 Å². The first kappa shape index (κ1) is 23.9. The first-order valence-electron chi connectivity index (χ1n) is 11.1. The summed E-state index contributed by atoms with van der Waals surface area (Å²) in [7, 11) is 0. The fourth-order valence-corrected chi connectivity index (χ4v) is 3.01. The number of unbranched alkanes of at least 4 members (excludes halogenated alkanes) is 17. The van der Waals surface area contributed by atoms with Gasteiger partial charge in [0.2, 0.25) is 0 Å². The van der Waals surface area contributed by atoms with Crippen molar-refractivity contribution in [2.45, 2.75) is 122 Å². The van der Waals surface area contributed by atoms with Crippen LogP contribution in [-0.2, 0) is 4.74 Å². The van der Waals surface area contributed by atoms with Gasteiger partial charge in [0.1, 0.15) is 0 Å². The molecule has 0 amide bonds. The highest BCUT2D eigenvalue weighted by atomic mass is 16.6. The van der Waals surface area contributed by atoms with Crippen LogP contribution in [0.25, 0.3) is 0 Å². The summed E-state index contributed by atoms with van der Waals surface area (Å²) in [5.74, 6) is 0. The molecule has 1 saturated heterocycles. The Bertz CT molecular complexity index is 183. The molecular weight excluding hydrogens is 296 g/mol. The number of aliphatic hydroxyl groups is 1. The van der Waals surface area contributed by atoms with E-state index in [0.717, 1.165) is 19.6 Å². The molecule has 146 valence electrons. The van der Waals surface area contributed by atoms with Crippen LogP contribution in [0.4, 0.5) is 0 Å². The van der Waals surface area contributed by atoms with Crippen molar-refractivity contribution >= 4 is 0 Å². The Morgan fingerprint density at radius 1 is 0.500 bits per heavy atom. The lowest BCUT2D eigenvalue weighted by Crippen LogP contribution is -1.85. The van der Waals surface area contributed by atoms with Crippen LogP contribution < -0.4 is 0 Å². The predicted molar refractivity (Wildman–Crippen MR) is 107 cm³/mol. The Morgan fingerprint density at radius 2 is 0.750 bits per heavy atom. The smallest absolute Gasteiger partial charge is 0.0701 e. The SMILES string of the molecule is C1CO1.CCCCCCCCCCCCCCCCCCCCO. The van der Waals surface area contributed by atoms with Crippen LogP contribution in [0, 0.1) is 0 Å². The molecule has 0 aromatic heterocycles. The van der Waals surface area contributed by atoms with Gasteiger partial charge < -0.3 is 9.84 Å². The molecule has 1 N–H and O–H groups in total. The van der Waals surface area contributed by atoms with Crippen molar-refractivity contribution < 1.29 is 9.84 Å². The van der Waals surface area contributed by atoms with Crippen molar-refractivity contribution in [2.24, 2.45) is 0 Å². The fourth-order valence-electron chi connectivity index (χ4n) is 3.01. The predicted octanol–water partition coefficient (Wildman–Crippen LogP) is 7.04. The van der Waals surface area contributed by atoms with E-state index >= 15 is 0 Å². The number of hydrogen-bond donors (Lipinski definition) is 1. The van der Waals surface area contributed by atoms with Gasteiger partial charge >= 0.3 is 0 Å². The molecule has 0 bridgehead atoms. The molecule has 0 atom stereocenters. The average molecular weight is 343 g/mol. The van der Waals surface area contributed by atoms with Gasteiger partial charge in [-0.15, -0.1) is 0 Å². The number of epoxide rings is 1. The van der Waals surface area contributed by atoms with Gasteiger partial charge in [0.25, 0.3) is 0 Å². The van der Waals surface area contributed by atoms with Crippen LogP contribution in [0.2, 0.25) is 0 Å². The molecule has 24 heavy (non-hydrogen) atoms. The standard InChI is InChI=1S/C20H42O.C2H4O/c1-2-3-4-5-6-7-8-9-10-11-12-13-14-15-16-17-18-19-20-21;1-2-3-1/h21H,2-20H2,1H3;1-2H2. The van der Waals surface area contributed by atoms with Crippen LogP contribution in [0.15, 0.2) is 0 Å². The van der Waals surface area contributed by atoms with Crippen LogP contribution >= 0.6 is 0 Å². The molecule has 0 saturated carbocycles. The fraction of sp³-hybridized carbons (Fsp3) is 1.00. The molecule has 2 heteroatoms. The van der Waals surface area contributed by atoms with Crippen LogP contribution in [0.3, 0.4) is 0 Å². The Labute approximate surface area is 152 Å². The number of aliphatic hydroxyl groups excluding tert-OH is 1. The highest BCUT2D eigenvalue weighted by Crippen LogP contribution is 2.14. The molecule has 1 heterocycles. The minimum absolute atomic E-state index is 0.374. The van der Waals surface area contributed by atoms with Crippen molar-refractivity contribution in [1.29, 1.82) is 0 Å². The van der Waals surface area contributed by atoms with Gasteiger partial charge in [0.15, 0.2) is 0 Å². The van der Waals surface area contributed by atoms with E-state index in [1.807, 2.05) is 0 Å². The van der Waals surface area contributed by atoms with E-state index in [0.29, 0.717) is 6.61 Å². The van der Waals surface area contributed by atoms with E-state index < -0.39 is 0 Å². The van der Waals surface area contributed by atoms with Crippen molar-refractivity contribution in [3.63, 3.8) is 0 Å². The van der Waals surface area contributed by atoms with Crippen LogP contribution in [-0.4, -0.2) is 24.9 Å². The topological polar surface area (TPSA) is 32.8 Å². The number of rotatable bonds is 18. The zero-order valence-electron chi connectivity index (χ0n) is 16.7. The summed E-state index contributed by atoms with van der Waals surface area (Å²) in [6.45, 7) is 4.66. The third-order valence-corrected chi connectivity index (χ3v) is 4.72. The molecular formula is C22H46O2. The summed E-state index contributed by atoms with van der Waals surface area (Å²) in [5, 5.41) is 8.69. The van der Waals surface area contributed by atoms with Crippen molar-refractivity contribution in [3.8, 4) is 0 Å². The lowest BCUT2D eigenvalue weighted by Gasteiger charge is -2.03. The Hall–Kier alpha value is -0.0800. The van der Waals surface area contributed by atoms with E-state index in [4.69, 9.17) is 5.11 Å². The summed E-state index contributed by atoms with van der Waals surface area (Å²) in [5.41, 5.74) is 0. The molecule has 0 radical (unpaired) electrons. The van der Waals surface area contributed by atoms with E-state index in [2.05, 4.69) is 11.7 Å². The summed E-state index contributed by atoms with van der Waals surface area (Å²) >= 11 is 0. The summed E-state index contributed by atoms with van der Waals surface area (Å²) in [6.07, 6.45) is 25.1. The van der Waals surface area contributed by atoms with Gasteiger partial charge in [-0.25, -0.2) is 0 Å². The second kappa shape index (κ2) is 22.9. The lowest BCUT2D eigenvalue weighted by molar-refractivity contribution is 0.282. The lowest BCUT2D eigenvalue weighted by atomic mass is 10.0. The highest BCUT2D eigenvalue weighted by Gasteiger charge is 1.95. The molecule has 1 aliphatic rings. The molecule has 0 unspecified atom stereocenters. The van der Waals surface area contributed by atoms with Crippen LogP contribution in [0.1, 0.15) is 122 Å². The molecule has 0 aromatic carbocycles. The number of hydrogen-bond acceptors (Lipinski definition) is 2. The van der Waals surface area contributed by atoms with E-state index in [1.54, 1.807) is 0 Å². The third-order valence-electron chi connectivity index (χ3n) is 4.72. The maximum atomic E-state index is 8.69. The van der Waals surface area contributed by atoms with Crippen LogP contribution in [0.5, 0.6) is 0 Å². The molecule has 0 spiro atoms. The second-order valence-corrected chi connectivity index (χ2v) is 7.35. The van der Waals surface area contributed by atoms with Crippen molar-refractivity contribution in [3.05, 3.63) is 0 Å². The van der Waals surface area contributed by atoms with Crippen molar-refractivity contribution in [1.82, 2.24) is 0 Å². The molecule has 0 aromatic rings. The first-order valence-corrected chi connectivity index (χ1v) is 11.1. The minimum atomic E-state index is 0.374. The maximum absolute atomic E-state index is 8.69. The van der Waals surface area contributed by atoms with E-state index in [9.17, 15) is 0 Å². The molecule has 1 aliphatic heterocycles. The average Bonchev–Trinajstić information content (AvgIpc) is 3.47. The van der Waals surface area contributed by atoms with Crippen molar-refractivity contribution in [2.75, 3.05) is 19.8 Å². The van der Waals surface area contributed by atoms with Gasteiger partial charge in [0.05, 0.1) is 13.2 Å². The molecule has 1 rings (SSSR count). The largest absolute Gasteiger partial charge is 0.396 e. The highest BCUT2D eigenvalue weighted by molar-refractivity contribution is 4.50. The Balaban J connectivity index is 0.00000157. The van der Waals surface area contributed by atoms with Gasteiger partial charge in [-0.05, 0) is 6.42 Å². The second-order valence-electron chi connectivity index (χ2n) is 7.35. The normalized spacial score (nSPS) is 12.8. The number of ether oxygens (including phenoxy) is 1. The summed E-state index contributed by atoms with van der Waals surface area (Å²) in [4.78, 5) is 0. The first-order chi connectivity index (χ1) is 11.9. The summed E-state index contributed by atoms with van der Waals surface area (Å²) < 4.78 is 4.50. The van der Waals surface area contributed by atoms with Gasteiger partial charge in [-0.2, -0.15) is 0 Å². The van der Waals surface area contributed by atoms with Gasteiger partial charge in [-0.1, -0.05) is 116 Å². The Kier molecular flexibility index (Phi) is 22.8. The van der Waals surface area contributed by atoms with Gasteiger partial charge in [0, 0.05) is 6.61 Å². The zero-order chi connectivity index (χ0) is 17.6. The zero-order valence-corrected chi connectivity index (χ0v) is 16.7. The molecule has 2 nitrogen and oxygen atoms in total. The quantitative estimate of drug-likeness (QED) is 0.214. The maximum Gasteiger partial charge on any atom is 0.0701 e.